The SMILES string of the molecule is COc1c(C[S+](C)[O-])cc(C(C)(C)C)cc1NC(=O)c1ccc(C)c(Oc2ccnc(CC3CCN(OC(=O)OC(C)(C)C)CC3)c2)c1. The summed E-state index contributed by atoms with van der Waals surface area (Å²) in [6.45, 7) is 14.9. The molecule has 2 aromatic carbocycles. The molecule has 0 spiro atoms. The second kappa shape index (κ2) is 15.6. The van der Waals surface area contributed by atoms with Gasteiger partial charge in [0.1, 0.15) is 28.6 Å². The first kappa shape index (κ1) is 37.0. The molecule has 0 radical (unpaired) electrons. The Hall–Kier alpha value is -3.80. The van der Waals surface area contributed by atoms with Crippen LogP contribution in [0.4, 0.5) is 10.5 Å². The number of piperidine rings is 1. The van der Waals surface area contributed by atoms with Crippen molar-refractivity contribution in [3.05, 3.63) is 76.6 Å². The third-order valence-electron chi connectivity index (χ3n) is 7.97. The molecule has 1 aliphatic heterocycles. The lowest BCUT2D eigenvalue weighted by Crippen LogP contribution is -2.38. The number of nitrogens with one attached hydrogen (secondary N) is 1. The van der Waals surface area contributed by atoms with E-state index in [2.05, 4.69) is 31.1 Å². The molecule has 260 valence electrons. The number of aryl methyl sites for hydroxylation is 1. The molecule has 1 unspecified atom stereocenters. The van der Waals surface area contributed by atoms with E-state index in [1.54, 1.807) is 63.6 Å². The summed E-state index contributed by atoms with van der Waals surface area (Å²) in [6.07, 6.45) is 5.17. The Bertz CT molecular complexity index is 1590. The molecule has 1 aromatic heterocycles. The van der Waals surface area contributed by atoms with E-state index in [0.717, 1.165) is 41.6 Å². The van der Waals surface area contributed by atoms with Gasteiger partial charge >= 0.3 is 6.16 Å². The topological polar surface area (TPSA) is 122 Å². The lowest BCUT2D eigenvalue weighted by Gasteiger charge is -2.30. The minimum Gasteiger partial charge on any atom is -0.616 e. The Labute approximate surface area is 287 Å². The van der Waals surface area contributed by atoms with Crippen LogP contribution >= 0.6 is 0 Å². The fourth-order valence-electron chi connectivity index (χ4n) is 5.46. The molecule has 2 heterocycles. The Kier molecular flexibility index (Phi) is 12.0. The number of aromatic nitrogens is 1. The van der Waals surface area contributed by atoms with Crippen molar-refractivity contribution < 1.29 is 33.2 Å². The van der Waals surface area contributed by atoms with E-state index in [4.69, 9.17) is 19.0 Å². The van der Waals surface area contributed by atoms with Crippen LogP contribution in [0.2, 0.25) is 0 Å². The molecule has 0 saturated carbocycles. The second-order valence-electron chi connectivity index (χ2n) is 14.3. The highest BCUT2D eigenvalue weighted by Gasteiger charge is 2.26. The van der Waals surface area contributed by atoms with Crippen LogP contribution in [0.1, 0.15) is 87.1 Å². The molecular formula is C37H49N3O7S. The first-order chi connectivity index (χ1) is 22.5. The van der Waals surface area contributed by atoms with E-state index in [0.29, 0.717) is 53.3 Å². The summed E-state index contributed by atoms with van der Waals surface area (Å²) >= 11 is -1.09. The highest BCUT2D eigenvalue weighted by molar-refractivity contribution is 7.89. The number of ether oxygens (including phenoxy) is 3. The quantitative estimate of drug-likeness (QED) is 0.169. The van der Waals surface area contributed by atoms with Gasteiger partial charge in [0, 0.05) is 42.2 Å². The lowest BCUT2D eigenvalue weighted by atomic mass is 9.85. The Morgan fingerprint density at radius 3 is 2.38 bits per heavy atom. The van der Waals surface area contributed by atoms with Crippen LogP contribution in [0.25, 0.3) is 0 Å². The van der Waals surface area contributed by atoms with Crippen molar-refractivity contribution in [3.8, 4) is 17.2 Å². The summed E-state index contributed by atoms with van der Waals surface area (Å²) in [7, 11) is 1.55. The standard InChI is InChI=1S/C37H49N3O7S/c1-24-10-11-26(34(41)39-31-21-28(36(2,3)4)19-27(23-48(9)43)33(31)44-8)20-32(24)45-30-12-15-38-29(22-30)18-25-13-16-40(17-14-25)47-35(42)46-37(5,6)7/h10-12,15,19-22,25H,13-14,16-18,23H2,1-9H3,(H,39,41). The van der Waals surface area contributed by atoms with Crippen LogP contribution in [-0.2, 0) is 38.3 Å². The summed E-state index contributed by atoms with van der Waals surface area (Å²) in [5.41, 5.74) is 3.71. The van der Waals surface area contributed by atoms with Gasteiger partial charge in [0.05, 0.1) is 19.1 Å². The number of benzene rings is 2. The number of nitrogens with zero attached hydrogens (tertiary/aromatic N) is 2. The first-order valence-corrected chi connectivity index (χ1v) is 18.0. The maximum Gasteiger partial charge on any atom is 0.528 e. The zero-order chi connectivity index (χ0) is 35.2. The van der Waals surface area contributed by atoms with Crippen molar-refractivity contribution in [1.82, 2.24) is 10.0 Å². The number of carbonyl (C=O) groups excluding carboxylic acids is 2. The molecule has 0 bridgehead atoms. The number of methoxy groups -OCH3 is 1. The third-order valence-corrected chi connectivity index (χ3v) is 8.69. The predicted molar refractivity (Wildman–Crippen MR) is 188 cm³/mol. The first-order valence-electron chi connectivity index (χ1n) is 16.2. The number of pyridine rings is 1. The molecule has 1 atom stereocenters. The summed E-state index contributed by atoms with van der Waals surface area (Å²) < 4.78 is 29.4. The van der Waals surface area contributed by atoms with Crippen LogP contribution < -0.4 is 14.8 Å². The van der Waals surface area contributed by atoms with Crippen LogP contribution in [0.3, 0.4) is 0 Å². The number of anilines is 1. The van der Waals surface area contributed by atoms with Gasteiger partial charge in [0.15, 0.2) is 0 Å². The maximum atomic E-state index is 13.6. The summed E-state index contributed by atoms with van der Waals surface area (Å²) in [5.74, 6) is 2.07. The van der Waals surface area contributed by atoms with Crippen LogP contribution in [0.5, 0.6) is 17.2 Å². The molecule has 10 nitrogen and oxygen atoms in total. The molecule has 1 N–H and O–H groups in total. The molecule has 48 heavy (non-hydrogen) atoms. The molecule has 3 aromatic rings. The smallest absolute Gasteiger partial charge is 0.528 e. The van der Waals surface area contributed by atoms with Gasteiger partial charge in [-0.15, -0.1) is 5.06 Å². The summed E-state index contributed by atoms with van der Waals surface area (Å²) in [4.78, 5) is 35.5. The van der Waals surface area contributed by atoms with Crippen LogP contribution in [-0.4, -0.2) is 58.7 Å². The molecule has 1 amide bonds. The summed E-state index contributed by atoms with van der Waals surface area (Å²) in [5, 5.41) is 4.69. The molecule has 1 saturated heterocycles. The highest BCUT2D eigenvalue weighted by Crippen LogP contribution is 2.37. The van der Waals surface area contributed by atoms with Gasteiger partial charge < -0.3 is 28.9 Å². The van der Waals surface area contributed by atoms with Crippen molar-refractivity contribution in [2.75, 3.05) is 31.8 Å². The number of amides is 1. The molecule has 1 fully saturated rings. The van der Waals surface area contributed by atoms with Gasteiger partial charge in [-0.1, -0.05) is 38.0 Å². The van der Waals surface area contributed by atoms with Crippen molar-refractivity contribution >= 4 is 28.9 Å². The molecule has 0 aliphatic carbocycles. The van der Waals surface area contributed by atoms with E-state index in [1.165, 1.54) is 0 Å². The van der Waals surface area contributed by atoms with E-state index >= 15 is 0 Å². The van der Waals surface area contributed by atoms with Crippen LogP contribution in [0.15, 0.2) is 48.7 Å². The van der Waals surface area contributed by atoms with Crippen LogP contribution in [0, 0.1) is 12.8 Å². The maximum absolute atomic E-state index is 13.6. The third kappa shape index (κ3) is 10.6. The van der Waals surface area contributed by atoms with Gasteiger partial charge in [-0.2, -0.15) is 0 Å². The van der Waals surface area contributed by atoms with E-state index < -0.39 is 22.9 Å². The average molecular weight is 680 g/mol. The predicted octanol–water partition coefficient (Wildman–Crippen LogP) is 7.74. The Morgan fingerprint density at radius 1 is 1.04 bits per heavy atom. The van der Waals surface area contributed by atoms with Crippen molar-refractivity contribution in [2.24, 2.45) is 5.92 Å². The van der Waals surface area contributed by atoms with Crippen molar-refractivity contribution in [3.63, 3.8) is 0 Å². The minimum atomic E-state index is -1.09. The average Bonchev–Trinajstić information content (AvgIpc) is 2.97. The van der Waals surface area contributed by atoms with E-state index in [1.807, 2.05) is 31.2 Å². The number of carbonyl (C=O) groups is 2. The molecule has 1 aliphatic rings. The zero-order valence-corrected chi connectivity index (χ0v) is 30.4. The fraction of sp³-hybridized carbons (Fsp3) is 0.486. The van der Waals surface area contributed by atoms with E-state index in [9.17, 15) is 14.1 Å². The second-order valence-corrected chi connectivity index (χ2v) is 15.8. The number of hydrogen-bond acceptors (Lipinski definition) is 9. The van der Waals surface area contributed by atoms with Gasteiger partial charge in [-0.3, -0.25) is 9.78 Å². The summed E-state index contributed by atoms with van der Waals surface area (Å²) in [6, 6.07) is 13.0. The normalized spacial score (nSPS) is 15.0. The number of rotatable bonds is 10. The van der Waals surface area contributed by atoms with Gasteiger partial charge in [-0.25, -0.2) is 4.79 Å². The van der Waals surface area contributed by atoms with Crippen molar-refractivity contribution in [1.29, 1.82) is 0 Å². The fourth-order valence-corrected chi connectivity index (χ4v) is 6.11. The van der Waals surface area contributed by atoms with E-state index in [-0.39, 0.29) is 11.3 Å². The largest absolute Gasteiger partial charge is 0.616 e. The highest BCUT2D eigenvalue weighted by atomic mass is 32.2. The number of hydrogen-bond donors (Lipinski definition) is 1. The molecule has 4 rings (SSSR count). The number of hydroxylamine groups is 2. The molecular weight excluding hydrogens is 630 g/mol. The minimum absolute atomic E-state index is 0.197. The van der Waals surface area contributed by atoms with Gasteiger partial charge in [-0.05, 0) is 99.7 Å². The molecule has 11 heteroatoms. The van der Waals surface area contributed by atoms with Gasteiger partial charge in [0.25, 0.3) is 5.91 Å². The monoisotopic (exact) mass is 679 g/mol. The lowest BCUT2D eigenvalue weighted by molar-refractivity contribution is -0.155. The van der Waals surface area contributed by atoms with Crippen molar-refractivity contribution in [2.45, 2.75) is 84.5 Å². The Morgan fingerprint density at radius 2 is 1.75 bits per heavy atom. The van der Waals surface area contributed by atoms with Gasteiger partial charge in [0.2, 0.25) is 0 Å². The zero-order valence-electron chi connectivity index (χ0n) is 29.6. The Balaban J connectivity index is 1.43.